The molecule has 1 atom stereocenters. The summed E-state index contributed by atoms with van der Waals surface area (Å²) in [5, 5.41) is 20.3. The second kappa shape index (κ2) is 8.24. The second-order valence-corrected chi connectivity index (χ2v) is 7.42. The minimum Gasteiger partial charge on any atom is -0.261 e. The van der Waals surface area contributed by atoms with Crippen LogP contribution in [0.1, 0.15) is 51.9 Å². The highest BCUT2D eigenvalue weighted by Crippen LogP contribution is 2.30. The lowest BCUT2D eigenvalue weighted by molar-refractivity contribution is -0.604. The number of nitro groups is 1. The zero-order chi connectivity index (χ0) is 16.6. The largest absolute Gasteiger partial charge is 0.454 e. The molecular weight excluding hydrogens is 306 g/mol. The predicted octanol–water partition coefficient (Wildman–Crippen LogP) is 3.57. The van der Waals surface area contributed by atoms with Crippen molar-refractivity contribution in [2.45, 2.75) is 61.8 Å². The number of benzene rings is 1. The summed E-state index contributed by atoms with van der Waals surface area (Å²) < 4.78 is 24.6. The fourth-order valence-electron chi connectivity index (χ4n) is 2.24. The third kappa shape index (κ3) is 4.27. The van der Waals surface area contributed by atoms with E-state index in [2.05, 4.69) is 6.92 Å². The molecule has 0 fully saturated rings. The van der Waals surface area contributed by atoms with Crippen LogP contribution in [0.2, 0.25) is 0 Å². The van der Waals surface area contributed by atoms with Crippen molar-refractivity contribution < 1.29 is 18.4 Å². The molecular formula is C15H22NO5S. The van der Waals surface area contributed by atoms with Crippen molar-refractivity contribution in [2.75, 3.05) is 0 Å². The van der Waals surface area contributed by atoms with Gasteiger partial charge in [-0.25, -0.2) is 8.42 Å². The van der Waals surface area contributed by atoms with Crippen molar-refractivity contribution in [1.82, 2.24) is 0 Å². The van der Waals surface area contributed by atoms with Crippen LogP contribution in [0.3, 0.4) is 0 Å². The minimum absolute atomic E-state index is 0.236. The summed E-state index contributed by atoms with van der Waals surface area (Å²) in [6.45, 7) is 2.07. The molecule has 1 aromatic rings. The van der Waals surface area contributed by atoms with Gasteiger partial charge in [0.15, 0.2) is 0 Å². The van der Waals surface area contributed by atoms with Crippen molar-refractivity contribution in [3.8, 4) is 0 Å². The van der Waals surface area contributed by atoms with E-state index in [4.69, 9.17) is 0 Å². The van der Waals surface area contributed by atoms with E-state index >= 15 is 0 Å². The maximum Gasteiger partial charge on any atom is 0.454 e. The van der Waals surface area contributed by atoms with E-state index in [0.717, 1.165) is 25.7 Å². The van der Waals surface area contributed by atoms with Crippen molar-refractivity contribution in [3.63, 3.8) is 0 Å². The summed E-state index contributed by atoms with van der Waals surface area (Å²) in [6.07, 6.45) is 4.34. The Kier molecular flexibility index (Phi) is 6.96. The van der Waals surface area contributed by atoms with Gasteiger partial charge in [-0.05, 0) is 18.6 Å². The molecule has 1 unspecified atom stereocenters. The van der Waals surface area contributed by atoms with Gasteiger partial charge in [-0.2, -0.15) is 0 Å². The number of unbranched alkanes of at least 4 members (excludes halogenated alkanes) is 5. The lowest BCUT2D eigenvalue weighted by atomic mass is 10.1. The molecule has 6 nitrogen and oxygen atoms in total. The number of rotatable bonds is 10. The molecule has 22 heavy (non-hydrogen) atoms. The van der Waals surface area contributed by atoms with Crippen molar-refractivity contribution in [2.24, 2.45) is 0 Å². The summed E-state index contributed by atoms with van der Waals surface area (Å²) in [4.78, 5) is 9.62. The normalized spacial score (nSPS) is 14.5. The van der Waals surface area contributed by atoms with Crippen LogP contribution in [0.4, 0.5) is 0 Å². The minimum atomic E-state index is -4.55. The molecule has 7 heteroatoms. The Bertz CT molecular complexity index is 573. The molecule has 0 aromatic heterocycles. The Labute approximate surface area is 131 Å². The van der Waals surface area contributed by atoms with Gasteiger partial charge in [-0.15, -0.1) is 5.11 Å². The highest BCUT2D eigenvalue weighted by molar-refractivity contribution is 7.92. The molecule has 123 valence electrons. The predicted molar refractivity (Wildman–Crippen MR) is 82.0 cm³/mol. The molecule has 1 rings (SSSR count). The Hall–Kier alpha value is -1.47. The first-order valence-electron chi connectivity index (χ1n) is 7.51. The van der Waals surface area contributed by atoms with Gasteiger partial charge < -0.3 is 0 Å². The molecule has 0 N–H and O–H groups in total. The van der Waals surface area contributed by atoms with Crippen LogP contribution < -0.4 is 0 Å². The first-order valence-corrected chi connectivity index (χ1v) is 8.99. The van der Waals surface area contributed by atoms with Crippen LogP contribution in [0, 0.1) is 10.1 Å². The van der Waals surface area contributed by atoms with Crippen LogP contribution in [0.15, 0.2) is 35.2 Å². The van der Waals surface area contributed by atoms with Crippen molar-refractivity contribution in [1.29, 1.82) is 0 Å². The molecule has 0 saturated heterocycles. The summed E-state index contributed by atoms with van der Waals surface area (Å²) in [6, 6.07) is 6.90. The number of hydrogen-bond donors (Lipinski definition) is 0. The molecule has 0 aliphatic rings. The average molecular weight is 328 g/mol. The zero-order valence-corrected chi connectivity index (χ0v) is 13.5. The van der Waals surface area contributed by atoms with E-state index in [-0.39, 0.29) is 11.3 Å². The summed E-state index contributed by atoms with van der Waals surface area (Å²) >= 11 is 0. The summed E-state index contributed by atoms with van der Waals surface area (Å²) in [5.74, 6) is 0. The number of sulfone groups is 1. The molecule has 1 radical (unpaired) electrons. The van der Waals surface area contributed by atoms with Gasteiger partial charge >= 0.3 is 5.06 Å². The Morgan fingerprint density at radius 1 is 1.05 bits per heavy atom. The average Bonchev–Trinajstić information content (AvgIpc) is 2.51. The highest BCUT2D eigenvalue weighted by atomic mass is 32.2. The van der Waals surface area contributed by atoms with Gasteiger partial charge in [0, 0.05) is 0 Å². The maximum atomic E-state index is 12.4. The number of hydrogen-bond acceptors (Lipinski definition) is 4. The van der Waals surface area contributed by atoms with Crippen molar-refractivity contribution >= 4 is 9.84 Å². The Balaban J connectivity index is 2.81. The van der Waals surface area contributed by atoms with Gasteiger partial charge in [0.25, 0.3) is 9.84 Å². The highest BCUT2D eigenvalue weighted by Gasteiger charge is 2.56. The molecule has 0 saturated carbocycles. The molecule has 0 heterocycles. The van der Waals surface area contributed by atoms with Crippen LogP contribution in [-0.4, -0.2) is 18.4 Å². The molecule has 0 aliphatic carbocycles. The number of nitrogens with zero attached hydrogens (tertiary/aromatic N) is 1. The van der Waals surface area contributed by atoms with Crippen LogP contribution in [0.5, 0.6) is 0 Å². The molecule has 0 spiro atoms. The molecule has 1 aromatic carbocycles. The van der Waals surface area contributed by atoms with Gasteiger partial charge in [-0.1, -0.05) is 57.2 Å². The smallest absolute Gasteiger partial charge is 0.261 e. The molecule has 0 amide bonds. The van der Waals surface area contributed by atoms with Crippen molar-refractivity contribution in [3.05, 3.63) is 40.4 Å². The van der Waals surface area contributed by atoms with Gasteiger partial charge in [0.05, 0.1) is 16.2 Å². The van der Waals surface area contributed by atoms with Gasteiger partial charge in [0.1, 0.15) is 0 Å². The second-order valence-electron chi connectivity index (χ2n) is 5.30. The summed E-state index contributed by atoms with van der Waals surface area (Å²) in [5.41, 5.74) is 0. The van der Waals surface area contributed by atoms with Crippen LogP contribution >= 0.6 is 0 Å². The third-order valence-electron chi connectivity index (χ3n) is 3.60. The third-order valence-corrected chi connectivity index (χ3v) is 5.68. The molecule has 0 bridgehead atoms. The Morgan fingerprint density at radius 3 is 2.14 bits per heavy atom. The first kappa shape index (κ1) is 18.6. The zero-order valence-electron chi connectivity index (χ0n) is 12.7. The lowest BCUT2D eigenvalue weighted by Gasteiger charge is -2.17. The van der Waals surface area contributed by atoms with Crippen LogP contribution in [0.25, 0.3) is 0 Å². The summed E-state index contributed by atoms with van der Waals surface area (Å²) in [7, 11) is -4.55. The van der Waals surface area contributed by atoms with E-state index in [0.29, 0.717) is 6.42 Å². The monoisotopic (exact) mass is 328 g/mol. The fourth-order valence-corrected chi connectivity index (χ4v) is 3.73. The van der Waals surface area contributed by atoms with E-state index < -0.39 is 26.2 Å². The lowest BCUT2D eigenvalue weighted by Crippen LogP contribution is -2.45. The first-order chi connectivity index (χ1) is 10.4. The van der Waals surface area contributed by atoms with E-state index in [1.54, 1.807) is 6.07 Å². The van der Waals surface area contributed by atoms with Gasteiger partial charge in [0.2, 0.25) is 0 Å². The van der Waals surface area contributed by atoms with E-state index in [9.17, 15) is 23.6 Å². The molecule has 0 aliphatic heterocycles. The quantitative estimate of drug-likeness (QED) is 0.284. The topological polar surface area (TPSA) is 97.2 Å². The van der Waals surface area contributed by atoms with E-state index in [1.165, 1.54) is 24.3 Å². The standard InChI is InChI=1S/C15H22NO5S/c1-2-3-4-5-6-10-13-15(17,16(18)19)22(20,21)14-11-8-7-9-12-14/h7-9,11-12H,2-6,10,13H2,1H3. The van der Waals surface area contributed by atoms with Gasteiger partial charge in [-0.3, -0.25) is 10.1 Å². The maximum absolute atomic E-state index is 12.4. The SMILES string of the molecule is CCCCCCCCC([O])([N+](=O)[O-])S(=O)(=O)c1ccccc1. The van der Waals surface area contributed by atoms with E-state index in [1.807, 2.05) is 0 Å². The fraction of sp³-hybridized carbons (Fsp3) is 0.600. The van der Waals surface area contributed by atoms with Crippen LogP contribution in [-0.2, 0) is 14.9 Å². The Morgan fingerprint density at radius 2 is 1.59 bits per heavy atom.